The van der Waals surface area contributed by atoms with E-state index in [2.05, 4.69) is 6.08 Å². The highest BCUT2D eigenvalue weighted by Crippen LogP contribution is 2.42. The van der Waals surface area contributed by atoms with Crippen LogP contribution in [-0.2, 0) is 14.2 Å². The van der Waals surface area contributed by atoms with Crippen molar-refractivity contribution in [2.45, 2.75) is 44.1 Å². The van der Waals surface area contributed by atoms with Crippen LogP contribution in [-0.4, -0.2) is 30.2 Å². The minimum atomic E-state index is -0.444. The van der Waals surface area contributed by atoms with Gasteiger partial charge in [-0.1, -0.05) is 12.2 Å². The average Bonchev–Trinajstić information content (AvgIpc) is 2.67. The summed E-state index contributed by atoms with van der Waals surface area (Å²) in [5.41, 5.74) is 0. The molecule has 2 fully saturated rings. The normalized spacial score (nSPS) is 53.2. The minimum absolute atomic E-state index is 0.101. The Balaban J connectivity index is 1.88. The van der Waals surface area contributed by atoms with Crippen molar-refractivity contribution in [2.75, 3.05) is 0 Å². The molecule has 4 atom stereocenters. The van der Waals surface area contributed by atoms with E-state index < -0.39 is 5.79 Å². The van der Waals surface area contributed by atoms with Crippen LogP contribution in [0.1, 0.15) is 13.8 Å². The Bertz CT molecular complexity index is 246. The van der Waals surface area contributed by atoms with Crippen LogP contribution >= 0.6 is 0 Å². The van der Waals surface area contributed by atoms with E-state index in [9.17, 15) is 0 Å². The molecule has 3 aliphatic rings. The van der Waals surface area contributed by atoms with Crippen LogP contribution < -0.4 is 0 Å². The zero-order chi connectivity index (χ0) is 8.34. The van der Waals surface area contributed by atoms with Crippen LogP contribution in [0.15, 0.2) is 12.2 Å². The van der Waals surface area contributed by atoms with E-state index in [-0.39, 0.29) is 18.3 Å². The van der Waals surface area contributed by atoms with Gasteiger partial charge in [0, 0.05) is 0 Å². The molecule has 3 heteroatoms. The SMILES string of the molecule is CC1(C)O[C@H]2[C@H]3O[C@H]3C=C[C@@H]2O1. The van der Waals surface area contributed by atoms with Gasteiger partial charge in [-0.2, -0.15) is 0 Å². The largest absolute Gasteiger partial charge is 0.362 e. The molecule has 1 aliphatic carbocycles. The zero-order valence-electron chi connectivity index (χ0n) is 7.19. The van der Waals surface area contributed by atoms with Gasteiger partial charge >= 0.3 is 0 Å². The molecule has 2 heterocycles. The lowest BCUT2D eigenvalue weighted by atomic mass is 10.0. The summed E-state index contributed by atoms with van der Waals surface area (Å²) >= 11 is 0. The summed E-state index contributed by atoms with van der Waals surface area (Å²) in [6.45, 7) is 3.88. The number of hydrogen-bond acceptors (Lipinski definition) is 3. The molecule has 12 heavy (non-hydrogen) atoms. The predicted octanol–water partition coefficient (Wildman–Crippen LogP) is 0.844. The monoisotopic (exact) mass is 168 g/mol. The van der Waals surface area contributed by atoms with Gasteiger partial charge in [0.2, 0.25) is 0 Å². The lowest BCUT2D eigenvalue weighted by molar-refractivity contribution is -0.144. The Morgan fingerprint density at radius 1 is 1.00 bits per heavy atom. The molecule has 0 bridgehead atoms. The average molecular weight is 168 g/mol. The third kappa shape index (κ3) is 0.873. The first-order valence-corrected chi connectivity index (χ1v) is 4.35. The van der Waals surface area contributed by atoms with Gasteiger partial charge in [-0.05, 0) is 13.8 Å². The lowest BCUT2D eigenvalue weighted by Gasteiger charge is -2.15. The van der Waals surface area contributed by atoms with Crippen molar-refractivity contribution in [3.63, 3.8) is 0 Å². The number of fused-ring (bicyclic) bond motifs is 3. The second kappa shape index (κ2) is 1.92. The molecular formula is C9H12O3. The highest BCUT2D eigenvalue weighted by atomic mass is 16.8. The van der Waals surface area contributed by atoms with Gasteiger partial charge in [0.25, 0.3) is 0 Å². The summed E-state index contributed by atoms with van der Waals surface area (Å²) in [7, 11) is 0. The van der Waals surface area contributed by atoms with Crippen molar-refractivity contribution < 1.29 is 14.2 Å². The summed E-state index contributed by atoms with van der Waals surface area (Å²) in [5, 5.41) is 0. The summed E-state index contributed by atoms with van der Waals surface area (Å²) in [6.07, 6.45) is 4.88. The maximum absolute atomic E-state index is 5.71. The topological polar surface area (TPSA) is 31.0 Å². The third-order valence-electron chi connectivity index (χ3n) is 2.54. The maximum Gasteiger partial charge on any atom is 0.164 e. The molecule has 0 spiro atoms. The number of epoxide rings is 1. The Kier molecular flexibility index (Phi) is 1.13. The number of rotatable bonds is 0. The molecule has 0 N–H and O–H groups in total. The van der Waals surface area contributed by atoms with E-state index in [1.807, 2.05) is 19.9 Å². The van der Waals surface area contributed by atoms with Crippen LogP contribution in [0.5, 0.6) is 0 Å². The fraction of sp³-hybridized carbons (Fsp3) is 0.778. The molecule has 0 aromatic rings. The fourth-order valence-electron chi connectivity index (χ4n) is 1.99. The second-order valence-corrected chi connectivity index (χ2v) is 4.01. The van der Waals surface area contributed by atoms with Gasteiger partial charge < -0.3 is 14.2 Å². The van der Waals surface area contributed by atoms with Crippen LogP contribution in [0.25, 0.3) is 0 Å². The van der Waals surface area contributed by atoms with E-state index >= 15 is 0 Å². The Morgan fingerprint density at radius 3 is 2.58 bits per heavy atom. The highest BCUT2D eigenvalue weighted by molar-refractivity contribution is 5.18. The summed E-state index contributed by atoms with van der Waals surface area (Å²) in [5.74, 6) is -0.444. The van der Waals surface area contributed by atoms with Gasteiger partial charge in [0.15, 0.2) is 5.79 Å². The number of hydrogen-bond donors (Lipinski definition) is 0. The molecule has 3 nitrogen and oxygen atoms in total. The fourth-order valence-corrected chi connectivity index (χ4v) is 1.99. The summed E-state index contributed by atoms with van der Waals surface area (Å²) in [4.78, 5) is 0. The molecule has 0 radical (unpaired) electrons. The maximum atomic E-state index is 5.71. The van der Waals surface area contributed by atoms with E-state index in [1.54, 1.807) is 0 Å². The molecule has 2 saturated heterocycles. The van der Waals surface area contributed by atoms with Crippen LogP contribution in [0.3, 0.4) is 0 Å². The molecule has 2 aliphatic heterocycles. The Labute approximate surface area is 71.3 Å². The quantitative estimate of drug-likeness (QED) is 0.397. The zero-order valence-corrected chi connectivity index (χ0v) is 7.19. The van der Waals surface area contributed by atoms with Gasteiger partial charge in [0.1, 0.15) is 24.4 Å². The minimum Gasteiger partial charge on any atom is -0.362 e. The van der Waals surface area contributed by atoms with E-state index in [4.69, 9.17) is 14.2 Å². The van der Waals surface area contributed by atoms with Crippen LogP contribution in [0, 0.1) is 0 Å². The van der Waals surface area contributed by atoms with E-state index in [0.29, 0.717) is 6.10 Å². The van der Waals surface area contributed by atoms with Gasteiger partial charge in [-0.25, -0.2) is 0 Å². The molecular weight excluding hydrogens is 156 g/mol. The third-order valence-corrected chi connectivity index (χ3v) is 2.54. The molecule has 0 unspecified atom stereocenters. The Hall–Kier alpha value is -0.380. The highest BCUT2D eigenvalue weighted by Gasteiger charge is 2.56. The molecule has 0 amide bonds. The van der Waals surface area contributed by atoms with Crippen LogP contribution in [0.2, 0.25) is 0 Å². The van der Waals surface area contributed by atoms with Gasteiger partial charge in [-0.15, -0.1) is 0 Å². The van der Waals surface area contributed by atoms with Gasteiger partial charge in [0.05, 0.1) is 0 Å². The van der Waals surface area contributed by atoms with Crippen molar-refractivity contribution in [3.8, 4) is 0 Å². The van der Waals surface area contributed by atoms with Crippen molar-refractivity contribution >= 4 is 0 Å². The standard InChI is InChI=1S/C9H12O3/c1-9(2)11-6-4-3-5-7(10-5)8(6)12-9/h3-8H,1-2H3/t5-,6-,7-,8+/m0/s1. The van der Waals surface area contributed by atoms with Crippen molar-refractivity contribution in [2.24, 2.45) is 0 Å². The summed E-state index contributed by atoms with van der Waals surface area (Å²) in [6, 6.07) is 0. The summed E-state index contributed by atoms with van der Waals surface area (Å²) < 4.78 is 16.8. The second-order valence-electron chi connectivity index (χ2n) is 4.01. The molecule has 66 valence electrons. The molecule has 0 saturated carbocycles. The molecule has 0 aromatic carbocycles. The smallest absolute Gasteiger partial charge is 0.164 e. The lowest BCUT2D eigenvalue weighted by Crippen LogP contribution is -2.30. The Morgan fingerprint density at radius 2 is 1.75 bits per heavy atom. The predicted molar refractivity (Wildman–Crippen MR) is 41.6 cm³/mol. The molecule has 3 rings (SSSR count). The first-order valence-electron chi connectivity index (χ1n) is 4.35. The molecule has 0 aromatic heterocycles. The van der Waals surface area contributed by atoms with Crippen LogP contribution in [0.4, 0.5) is 0 Å². The van der Waals surface area contributed by atoms with Crippen molar-refractivity contribution in [1.29, 1.82) is 0 Å². The van der Waals surface area contributed by atoms with Crippen molar-refractivity contribution in [1.82, 2.24) is 0 Å². The first-order chi connectivity index (χ1) is 5.66. The van der Waals surface area contributed by atoms with Crippen molar-refractivity contribution in [3.05, 3.63) is 12.2 Å². The van der Waals surface area contributed by atoms with Gasteiger partial charge in [-0.3, -0.25) is 0 Å². The van der Waals surface area contributed by atoms with E-state index in [0.717, 1.165) is 0 Å². The van der Waals surface area contributed by atoms with E-state index in [1.165, 1.54) is 0 Å². The first kappa shape index (κ1) is 7.06. The number of ether oxygens (including phenoxy) is 3.